The summed E-state index contributed by atoms with van der Waals surface area (Å²) < 4.78 is 38.0. The molecule has 0 radical (unpaired) electrons. The van der Waals surface area contributed by atoms with Crippen molar-refractivity contribution in [1.29, 1.82) is 0 Å². The fraction of sp³-hybridized carbons (Fsp3) is 0.500. The lowest BCUT2D eigenvalue weighted by atomic mass is 10.1. The fourth-order valence-corrected chi connectivity index (χ4v) is 2.38. The Morgan fingerprint density at radius 2 is 2.00 bits per heavy atom. The first-order chi connectivity index (χ1) is 8.38. The van der Waals surface area contributed by atoms with Gasteiger partial charge < -0.3 is 10.4 Å². The van der Waals surface area contributed by atoms with Crippen molar-refractivity contribution < 1.29 is 18.3 Å². The van der Waals surface area contributed by atoms with E-state index in [4.69, 9.17) is 11.6 Å². The second kappa shape index (κ2) is 4.97. The zero-order valence-electron chi connectivity index (χ0n) is 9.47. The molecule has 2 atom stereocenters. The summed E-state index contributed by atoms with van der Waals surface area (Å²) in [5.41, 5.74) is -0.528. The topological polar surface area (TPSA) is 32.3 Å². The van der Waals surface area contributed by atoms with Gasteiger partial charge in [-0.1, -0.05) is 11.6 Å². The van der Waals surface area contributed by atoms with Crippen LogP contribution in [0.4, 0.5) is 18.9 Å². The van der Waals surface area contributed by atoms with E-state index in [0.717, 1.165) is 18.9 Å². The molecule has 2 N–H and O–H groups in total. The van der Waals surface area contributed by atoms with E-state index in [9.17, 15) is 18.3 Å². The number of alkyl halides is 3. The summed E-state index contributed by atoms with van der Waals surface area (Å²) in [5, 5.41) is 12.2. The van der Waals surface area contributed by atoms with Crippen molar-refractivity contribution in [3.05, 3.63) is 28.8 Å². The average molecular weight is 280 g/mol. The summed E-state index contributed by atoms with van der Waals surface area (Å²) in [6.07, 6.45) is -2.67. The van der Waals surface area contributed by atoms with Gasteiger partial charge in [0.05, 0.1) is 22.7 Å². The number of benzene rings is 1. The Morgan fingerprint density at radius 1 is 1.28 bits per heavy atom. The van der Waals surface area contributed by atoms with E-state index in [-0.39, 0.29) is 11.1 Å². The number of rotatable bonds is 2. The van der Waals surface area contributed by atoms with Crippen molar-refractivity contribution in [2.24, 2.45) is 0 Å². The van der Waals surface area contributed by atoms with Crippen molar-refractivity contribution in [2.75, 3.05) is 5.32 Å². The van der Waals surface area contributed by atoms with Gasteiger partial charge in [0, 0.05) is 5.69 Å². The third kappa shape index (κ3) is 2.90. The van der Waals surface area contributed by atoms with Crippen molar-refractivity contribution in [2.45, 2.75) is 37.6 Å². The summed E-state index contributed by atoms with van der Waals surface area (Å²) in [4.78, 5) is 0. The Kier molecular flexibility index (Phi) is 3.73. The molecule has 1 fully saturated rings. The van der Waals surface area contributed by atoms with Crippen molar-refractivity contribution >= 4 is 17.3 Å². The van der Waals surface area contributed by atoms with Crippen LogP contribution >= 0.6 is 11.6 Å². The molecule has 0 saturated heterocycles. The zero-order valence-corrected chi connectivity index (χ0v) is 10.2. The van der Waals surface area contributed by atoms with E-state index < -0.39 is 17.8 Å². The third-order valence-electron chi connectivity index (χ3n) is 3.10. The molecule has 1 aromatic carbocycles. The first-order valence-electron chi connectivity index (χ1n) is 5.69. The highest BCUT2D eigenvalue weighted by molar-refractivity contribution is 6.31. The van der Waals surface area contributed by atoms with E-state index >= 15 is 0 Å². The Bertz CT molecular complexity index is 436. The van der Waals surface area contributed by atoms with E-state index in [2.05, 4.69) is 5.32 Å². The van der Waals surface area contributed by atoms with Gasteiger partial charge in [0.15, 0.2) is 0 Å². The maximum Gasteiger partial charge on any atom is 0.417 e. The van der Waals surface area contributed by atoms with Crippen molar-refractivity contribution in [3.8, 4) is 0 Å². The van der Waals surface area contributed by atoms with Crippen LogP contribution in [0.5, 0.6) is 0 Å². The van der Waals surface area contributed by atoms with E-state index in [1.165, 1.54) is 12.1 Å². The standard InChI is InChI=1S/C12H13ClF3NO/c13-9-5-4-7(6-8(9)12(14,15)16)17-10-2-1-3-11(10)18/h4-6,10-11,17-18H,1-3H2/t10-,11-/m1/s1. The molecule has 0 heterocycles. The van der Waals surface area contributed by atoms with Gasteiger partial charge in [-0.05, 0) is 37.5 Å². The summed E-state index contributed by atoms with van der Waals surface area (Å²) in [7, 11) is 0. The molecule has 0 unspecified atom stereocenters. The Labute approximate surface area is 108 Å². The van der Waals surface area contributed by atoms with Gasteiger partial charge >= 0.3 is 6.18 Å². The molecule has 100 valence electrons. The Morgan fingerprint density at radius 3 is 2.56 bits per heavy atom. The number of nitrogens with one attached hydrogen (secondary N) is 1. The van der Waals surface area contributed by atoms with Crippen LogP contribution in [-0.2, 0) is 6.18 Å². The fourth-order valence-electron chi connectivity index (χ4n) is 2.16. The molecule has 1 aliphatic carbocycles. The maximum atomic E-state index is 12.7. The lowest BCUT2D eigenvalue weighted by Gasteiger charge is -2.19. The van der Waals surface area contributed by atoms with Crippen molar-refractivity contribution in [3.63, 3.8) is 0 Å². The smallest absolute Gasteiger partial charge is 0.391 e. The average Bonchev–Trinajstić information content (AvgIpc) is 2.66. The van der Waals surface area contributed by atoms with Gasteiger partial charge in [-0.25, -0.2) is 0 Å². The predicted molar refractivity (Wildman–Crippen MR) is 63.7 cm³/mol. The first-order valence-corrected chi connectivity index (χ1v) is 6.07. The molecule has 2 rings (SSSR count). The zero-order chi connectivity index (χ0) is 13.3. The summed E-state index contributed by atoms with van der Waals surface area (Å²) in [6, 6.07) is 3.50. The maximum absolute atomic E-state index is 12.7. The minimum atomic E-state index is -4.47. The van der Waals surface area contributed by atoms with Gasteiger partial charge in [0.2, 0.25) is 0 Å². The van der Waals surface area contributed by atoms with Crippen LogP contribution in [0.15, 0.2) is 18.2 Å². The van der Waals surface area contributed by atoms with Gasteiger partial charge in [-0.15, -0.1) is 0 Å². The lowest BCUT2D eigenvalue weighted by Crippen LogP contribution is -2.28. The molecular weight excluding hydrogens is 267 g/mol. The number of anilines is 1. The number of hydrogen-bond donors (Lipinski definition) is 2. The van der Waals surface area contributed by atoms with Gasteiger partial charge in [-0.3, -0.25) is 0 Å². The van der Waals surface area contributed by atoms with Crippen LogP contribution in [-0.4, -0.2) is 17.3 Å². The van der Waals surface area contributed by atoms with Crippen LogP contribution in [0.25, 0.3) is 0 Å². The van der Waals surface area contributed by atoms with E-state index in [0.29, 0.717) is 12.1 Å². The van der Waals surface area contributed by atoms with Crippen LogP contribution in [0, 0.1) is 0 Å². The highest BCUT2D eigenvalue weighted by atomic mass is 35.5. The molecule has 0 amide bonds. The molecular formula is C12H13ClF3NO. The molecule has 1 aliphatic rings. The molecule has 18 heavy (non-hydrogen) atoms. The largest absolute Gasteiger partial charge is 0.417 e. The molecule has 0 bridgehead atoms. The number of aliphatic hydroxyl groups is 1. The SMILES string of the molecule is O[C@@H]1CCC[C@H]1Nc1ccc(Cl)c(C(F)(F)F)c1. The highest BCUT2D eigenvalue weighted by Gasteiger charge is 2.34. The van der Waals surface area contributed by atoms with E-state index in [1.807, 2.05) is 0 Å². The first kappa shape index (κ1) is 13.5. The van der Waals surface area contributed by atoms with Gasteiger partial charge in [-0.2, -0.15) is 13.2 Å². The molecule has 1 aromatic rings. The minimum absolute atomic E-state index is 0.188. The van der Waals surface area contributed by atoms with Gasteiger partial charge in [0.25, 0.3) is 0 Å². The second-order valence-electron chi connectivity index (χ2n) is 4.44. The van der Waals surface area contributed by atoms with Crippen LogP contribution in [0.2, 0.25) is 5.02 Å². The lowest BCUT2D eigenvalue weighted by molar-refractivity contribution is -0.137. The number of aliphatic hydroxyl groups excluding tert-OH is 1. The van der Waals surface area contributed by atoms with E-state index in [1.54, 1.807) is 0 Å². The van der Waals surface area contributed by atoms with Crippen LogP contribution < -0.4 is 5.32 Å². The Hall–Kier alpha value is -0.940. The molecule has 2 nitrogen and oxygen atoms in total. The van der Waals surface area contributed by atoms with Crippen molar-refractivity contribution in [1.82, 2.24) is 0 Å². The normalized spacial score (nSPS) is 24.3. The second-order valence-corrected chi connectivity index (χ2v) is 4.85. The van der Waals surface area contributed by atoms with Crippen LogP contribution in [0.1, 0.15) is 24.8 Å². The third-order valence-corrected chi connectivity index (χ3v) is 3.43. The summed E-state index contributed by atoms with van der Waals surface area (Å²) in [5.74, 6) is 0. The number of hydrogen-bond acceptors (Lipinski definition) is 2. The number of halogens is 4. The summed E-state index contributed by atoms with van der Waals surface area (Å²) in [6.45, 7) is 0. The molecule has 0 spiro atoms. The monoisotopic (exact) mass is 279 g/mol. The molecule has 0 aromatic heterocycles. The predicted octanol–water partition coefficient (Wildman–Crippen LogP) is 3.68. The Balaban J connectivity index is 2.19. The highest BCUT2D eigenvalue weighted by Crippen LogP contribution is 2.36. The summed E-state index contributed by atoms with van der Waals surface area (Å²) >= 11 is 5.53. The minimum Gasteiger partial charge on any atom is -0.391 e. The quantitative estimate of drug-likeness (QED) is 0.865. The molecule has 6 heteroatoms. The molecule has 1 saturated carbocycles. The molecule has 0 aliphatic heterocycles. The van der Waals surface area contributed by atoms with Crippen LogP contribution in [0.3, 0.4) is 0 Å². The van der Waals surface area contributed by atoms with Gasteiger partial charge in [0.1, 0.15) is 0 Å².